The lowest BCUT2D eigenvalue weighted by atomic mass is 10.1. The highest BCUT2D eigenvalue weighted by Crippen LogP contribution is 2.22. The van der Waals surface area contributed by atoms with Crippen molar-refractivity contribution < 1.29 is 29.4 Å². The van der Waals surface area contributed by atoms with E-state index in [-0.39, 0.29) is 41.8 Å². The van der Waals surface area contributed by atoms with Crippen LogP contribution in [0.4, 0.5) is 0 Å². The van der Waals surface area contributed by atoms with Crippen molar-refractivity contribution in [3.8, 4) is 11.5 Å². The zero-order valence-electron chi connectivity index (χ0n) is 26.2. The van der Waals surface area contributed by atoms with Crippen LogP contribution in [0.3, 0.4) is 0 Å². The van der Waals surface area contributed by atoms with E-state index in [0.717, 1.165) is 70.5 Å². The number of aromatic hydroxyl groups is 2. The maximum atomic E-state index is 12.6. The quantitative estimate of drug-likeness (QED) is 0.0367. The molecule has 1 rings (SSSR count). The molecule has 0 spiro atoms. The molecule has 1 aromatic rings. The minimum atomic E-state index is -1.12. The number of rotatable bonds is 25. The number of nitrogens with zero attached hydrogens (tertiary/aromatic N) is 1. The molecule has 0 unspecified atom stereocenters. The van der Waals surface area contributed by atoms with Gasteiger partial charge in [0.25, 0.3) is 0 Å². The molecule has 1 aromatic carbocycles. The average Bonchev–Trinajstić information content (AvgIpc) is 2.97. The average molecular weight is 636 g/mol. The fourth-order valence-corrected chi connectivity index (χ4v) is 4.44. The summed E-state index contributed by atoms with van der Waals surface area (Å²) in [6, 6.07) is 2.18. The fraction of sp³-hybridized carbons (Fsp3) is 0.633. The molecule has 14 N–H and O–H groups in total. The Balaban J connectivity index is 2.05. The van der Waals surface area contributed by atoms with E-state index in [1.165, 1.54) is 12.1 Å². The van der Waals surface area contributed by atoms with Crippen LogP contribution in [0.2, 0.25) is 0 Å². The predicted molar refractivity (Wildman–Crippen MR) is 173 cm³/mol. The molecule has 0 radical (unpaired) electrons. The number of unbranched alkanes of at least 4 members (excludes halogenated alkanes) is 6. The highest BCUT2D eigenvalue weighted by molar-refractivity contribution is 5.92. The largest absolute Gasteiger partial charge is 0.508 e. The van der Waals surface area contributed by atoms with E-state index >= 15 is 0 Å². The molecule has 0 aliphatic rings. The molecule has 0 bridgehead atoms. The van der Waals surface area contributed by atoms with Gasteiger partial charge in [0, 0.05) is 31.3 Å². The zero-order valence-corrected chi connectivity index (χ0v) is 26.2. The van der Waals surface area contributed by atoms with Gasteiger partial charge in [-0.05, 0) is 57.7 Å². The van der Waals surface area contributed by atoms with Crippen molar-refractivity contribution in [3.63, 3.8) is 0 Å². The van der Waals surface area contributed by atoms with E-state index in [1.807, 2.05) is 0 Å². The molecular formula is C30H53N9O6. The number of carbonyl (C=O) groups excluding carboxylic acids is 4. The van der Waals surface area contributed by atoms with E-state index in [2.05, 4.69) is 26.3 Å². The minimum Gasteiger partial charge on any atom is -0.508 e. The van der Waals surface area contributed by atoms with Crippen LogP contribution in [-0.2, 0) is 25.6 Å². The smallest absolute Gasteiger partial charge is 0.243 e. The van der Waals surface area contributed by atoms with Gasteiger partial charge in [0.05, 0.1) is 18.9 Å². The standard InChI is InChI=1S/C30H53N9O6/c31-23(10-9-17-38-30(33)34)28(44)36-15-7-3-1-2-5-13-35-14-6-4-8-16-37-29(45)24(20-26(32)42)39-27(43)18-21-11-12-22(40)19-25(21)41/h11-12,19,23-24,35,40-41H,1-10,13-18,20,31H2,(H2,32,42)(H,36,44)(H,37,45)(H,39,43)(H4,33,34,38)/t23-,24-/m0/s1. The Morgan fingerprint density at radius 1 is 0.778 bits per heavy atom. The number of hydrogen-bond donors (Lipinski definition) is 10. The second-order valence-corrected chi connectivity index (χ2v) is 11.0. The molecule has 45 heavy (non-hydrogen) atoms. The van der Waals surface area contributed by atoms with E-state index < -0.39 is 29.8 Å². The molecule has 0 aromatic heterocycles. The molecule has 0 saturated carbocycles. The van der Waals surface area contributed by atoms with Crippen LogP contribution in [0.15, 0.2) is 23.2 Å². The molecular weight excluding hydrogens is 582 g/mol. The Labute approximate surface area is 265 Å². The molecule has 0 aliphatic heterocycles. The van der Waals surface area contributed by atoms with Crippen molar-refractivity contribution in [1.29, 1.82) is 0 Å². The van der Waals surface area contributed by atoms with Gasteiger partial charge in [0.2, 0.25) is 23.6 Å². The second-order valence-electron chi connectivity index (χ2n) is 11.0. The van der Waals surface area contributed by atoms with Crippen molar-refractivity contribution in [3.05, 3.63) is 23.8 Å². The summed E-state index contributed by atoms with van der Waals surface area (Å²) in [6.45, 7) is 3.28. The van der Waals surface area contributed by atoms with E-state index in [1.54, 1.807) is 0 Å². The van der Waals surface area contributed by atoms with Crippen molar-refractivity contribution in [2.75, 3.05) is 32.7 Å². The maximum Gasteiger partial charge on any atom is 0.243 e. The second kappa shape index (κ2) is 23.3. The van der Waals surface area contributed by atoms with Gasteiger partial charge < -0.3 is 54.4 Å². The van der Waals surface area contributed by atoms with Crippen LogP contribution in [0.1, 0.15) is 76.2 Å². The summed E-state index contributed by atoms with van der Waals surface area (Å²) in [5.41, 5.74) is 21.9. The molecule has 0 fully saturated rings. The number of hydrogen-bond acceptors (Lipinski definition) is 9. The Bertz CT molecular complexity index is 1080. The number of benzene rings is 1. The summed E-state index contributed by atoms with van der Waals surface area (Å²) in [6.07, 6.45) is 8.41. The lowest BCUT2D eigenvalue weighted by molar-refractivity contribution is -0.131. The third-order valence-corrected chi connectivity index (χ3v) is 6.94. The number of phenols is 2. The Morgan fingerprint density at radius 2 is 1.36 bits per heavy atom. The Hall–Kier alpha value is -4.11. The predicted octanol–water partition coefficient (Wildman–Crippen LogP) is -0.676. The molecule has 2 atom stereocenters. The number of nitrogens with two attached hydrogens (primary N) is 4. The molecule has 15 heteroatoms. The molecule has 4 amide bonds. The third kappa shape index (κ3) is 19.7. The zero-order chi connectivity index (χ0) is 33.5. The fourth-order valence-electron chi connectivity index (χ4n) is 4.44. The first-order valence-corrected chi connectivity index (χ1v) is 15.6. The van der Waals surface area contributed by atoms with Gasteiger partial charge in [0.15, 0.2) is 5.96 Å². The van der Waals surface area contributed by atoms with Gasteiger partial charge >= 0.3 is 0 Å². The van der Waals surface area contributed by atoms with Crippen LogP contribution in [0.25, 0.3) is 0 Å². The number of aliphatic imine (C=N–C) groups is 1. The molecule has 15 nitrogen and oxygen atoms in total. The lowest BCUT2D eigenvalue weighted by Crippen LogP contribution is -2.49. The van der Waals surface area contributed by atoms with E-state index in [4.69, 9.17) is 22.9 Å². The number of carbonyl (C=O) groups is 4. The van der Waals surface area contributed by atoms with Crippen molar-refractivity contribution in [1.82, 2.24) is 21.3 Å². The number of nitrogens with one attached hydrogen (secondary N) is 4. The van der Waals surface area contributed by atoms with Gasteiger partial charge in [-0.25, -0.2) is 0 Å². The van der Waals surface area contributed by atoms with Gasteiger partial charge in [-0.15, -0.1) is 0 Å². The highest BCUT2D eigenvalue weighted by atomic mass is 16.3. The topological polar surface area (TPSA) is 273 Å². The third-order valence-electron chi connectivity index (χ3n) is 6.94. The first-order valence-electron chi connectivity index (χ1n) is 15.6. The molecule has 0 saturated heterocycles. The monoisotopic (exact) mass is 635 g/mol. The lowest BCUT2D eigenvalue weighted by Gasteiger charge is -2.17. The van der Waals surface area contributed by atoms with Crippen LogP contribution in [0.5, 0.6) is 11.5 Å². The van der Waals surface area contributed by atoms with Crippen LogP contribution >= 0.6 is 0 Å². The van der Waals surface area contributed by atoms with E-state index in [9.17, 15) is 29.4 Å². The van der Waals surface area contributed by atoms with Crippen LogP contribution < -0.4 is 44.2 Å². The number of guanidine groups is 1. The van der Waals surface area contributed by atoms with Gasteiger partial charge in [-0.2, -0.15) is 0 Å². The summed E-state index contributed by atoms with van der Waals surface area (Å²) >= 11 is 0. The summed E-state index contributed by atoms with van der Waals surface area (Å²) < 4.78 is 0. The molecule has 0 heterocycles. The van der Waals surface area contributed by atoms with Crippen molar-refractivity contribution >= 4 is 29.6 Å². The van der Waals surface area contributed by atoms with E-state index in [0.29, 0.717) is 32.5 Å². The summed E-state index contributed by atoms with van der Waals surface area (Å²) in [5, 5.41) is 30.8. The van der Waals surface area contributed by atoms with Crippen molar-refractivity contribution in [2.24, 2.45) is 27.9 Å². The van der Waals surface area contributed by atoms with Crippen molar-refractivity contribution in [2.45, 2.75) is 89.1 Å². The van der Waals surface area contributed by atoms with Crippen LogP contribution in [-0.4, -0.2) is 84.6 Å². The number of amides is 4. The maximum absolute atomic E-state index is 12.6. The molecule has 0 aliphatic carbocycles. The Kier molecular flexibility index (Phi) is 20.1. The Morgan fingerprint density at radius 3 is 1.96 bits per heavy atom. The van der Waals surface area contributed by atoms with Gasteiger partial charge in [-0.1, -0.05) is 31.7 Å². The van der Waals surface area contributed by atoms with Gasteiger partial charge in [-0.3, -0.25) is 24.2 Å². The summed E-state index contributed by atoms with van der Waals surface area (Å²) in [5.74, 6) is -2.30. The molecule has 254 valence electrons. The summed E-state index contributed by atoms with van der Waals surface area (Å²) in [7, 11) is 0. The first-order chi connectivity index (χ1) is 21.5. The summed E-state index contributed by atoms with van der Waals surface area (Å²) in [4.78, 5) is 52.2. The first kappa shape index (κ1) is 38.9. The SMILES string of the molecule is NC(=O)C[C@H](NC(=O)Cc1ccc(O)cc1O)C(=O)NCCCCCNCCCCCCCNC(=O)[C@@H](N)CCCN=C(N)N. The minimum absolute atomic E-state index is 0.0362. The van der Waals surface area contributed by atoms with Gasteiger partial charge in [0.1, 0.15) is 17.5 Å². The number of primary amides is 1. The normalized spacial score (nSPS) is 12.1. The highest BCUT2D eigenvalue weighted by Gasteiger charge is 2.23. The van der Waals surface area contributed by atoms with Crippen LogP contribution in [0, 0.1) is 0 Å². The number of phenolic OH excluding ortho intramolecular Hbond substituents is 2.